The fraction of sp³-hybridized carbons (Fsp3) is 0.667. The first-order valence-corrected chi connectivity index (χ1v) is 10.0. The summed E-state index contributed by atoms with van der Waals surface area (Å²) in [6, 6.07) is 7.85. The minimum atomic E-state index is -0.264. The Morgan fingerprint density at radius 3 is 2.38 bits per heavy atom. The van der Waals surface area contributed by atoms with Crippen molar-refractivity contribution in [2.75, 3.05) is 6.61 Å². The molecule has 4 rings (SSSR count). The second-order valence-corrected chi connectivity index (χ2v) is 8.24. The largest absolute Gasteiger partial charge is 0.493 e. The summed E-state index contributed by atoms with van der Waals surface area (Å²) in [6.07, 6.45) is 6.70. The number of hydrogen-bond acceptors (Lipinski definition) is 4. The molecular weight excluding hydrogens is 330 g/mol. The Kier molecular flexibility index (Phi) is 5.18. The molecule has 142 valence electrons. The molecule has 2 heterocycles. The minimum Gasteiger partial charge on any atom is -0.493 e. The van der Waals surface area contributed by atoms with Gasteiger partial charge in [0, 0.05) is 17.6 Å². The van der Waals surface area contributed by atoms with E-state index >= 15 is 0 Å². The molecule has 2 atom stereocenters. The fourth-order valence-corrected chi connectivity index (χ4v) is 4.87. The van der Waals surface area contributed by atoms with Crippen LogP contribution < -0.4 is 4.74 Å². The third kappa shape index (κ3) is 3.74. The molecule has 1 aliphatic carbocycles. The SMILES string of the molecule is O=C(c1cccc(OCC2CCC(O)CC2)c1)N1C2CCC1CC(O)C2. The summed E-state index contributed by atoms with van der Waals surface area (Å²) in [6.45, 7) is 0.644. The van der Waals surface area contributed by atoms with Crippen molar-refractivity contribution in [3.8, 4) is 5.75 Å². The molecule has 0 spiro atoms. The number of hydrogen-bond donors (Lipinski definition) is 2. The number of benzene rings is 1. The predicted octanol–water partition coefficient (Wildman–Crippen LogP) is 2.74. The Bertz CT molecular complexity index is 627. The highest BCUT2D eigenvalue weighted by Crippen LogP contribution is 2.37. The van der Waals surface area contributed by atoms with Crippen LogP contribution in [0.1, 0.15) is 61.7 Å². The molecule has 5 heteroatoms. The summed E-state index contributed by atoms with van der Waals surface area (Å²) in [4.78, 5) is 15.0. The molecule has 2 bridgehead atoms. The van der Waals surface area contributed by atoms with Crippen molar-refractivity contribution in [3.63, 3.8) is 0 Å². The number of rotatable bonds is 4. The summed E-state index contributed by atoms with van der Waals surface area (Å²) in [7, 11) is 0. The average Bonchev–Trinajstić information content (AvgIpc) is 2.92. The fourth-order valence-electron chi connectivity index (χ4n) is 4.87. The van der Waals surface area contributed by atoms with Gasteiger partial charge in [-0.05, 0) is 75.5 Å². The van der Waals surface area contributed by atoms with Gasteiger partial charge in [-0.25, -0.2) is 0 Å². The molecule has 1 amide bonds. The van der Waals surface area contributed by atoms with E-state index in [1.165, 1.54) is 0 Å². The number of aliphatic hydroxyl groups excluding tert-OH is 2. The quantitative estimate of drug-likeness (QED) is 0.867. The normalized spacial score (nSPS) is 33.9. The van der Waals surface area contributed by atoms with Gasteiger partial charge < -0.3 is 19.8 Å². The van der Waals surface area contributed by atoms with Crippen LogP contribution >= 0.6 is 0 Å². The molecule has 1 aromatic rings. The number of carbonyl (C=O) groups excluding carboxylic acids is 1. The molecule has 1 saturated carbocycles. The number of amides is 1. The van der Waals surface area contributed by atoms with Crippen LogP contribution in [0.5, 0.6) is 5.75 Å². The zero-order valence-corrected chi connectivity index (χ0v) is 15.2. The Morgan fingerprint density at radius 1 is 1.00 bits per heavy atom. The lowest BCUT2D eigenvalue weighted by Gasteiger charge is -2.37. The molecule has 3 aliphatic rings. The summed E-state index contributed by atoms with van der Waals surface area (Å²) in [5, 5.41) is 19.5. The van der Waals surface area contributed by atoms with Crippen LogP contribution in [0.4, 0.5) is 0 Å². The molecule has 5 nitrogen and oxygen atoms in total. The minimum absolute atomic E-state index is 0.0654. The average molecular weight is 359 g/mol. The number of ether oxygens (including phenoxy) is 1. The number of aliphatic hydroxyl groups is 2. The van der Waals surface area contributed by atoms with Crippen LogP contribution in [0, 0.1) is 5.92 Å². The van der Waals surface area contributed by atoms with Crippen molar-refractivity contribution in [2.24, 2.45) is 5.92 Å². The van der Waals surface area contributed by atoms with E-state index in [0.717, 1.165) is 44.3 Å². The molecule has 2 saturated heterocycles. The zero-order valence-electron chi connectivity index (χ0n) is 15.2. The van der Waals surface area contributed by atoms with Gasteiger partial charge in [0.2, 0.25) is 0 Å². The molecule has 26 heavy (non-hydrogen) atoms. The lowest BCUT2D eigenvalue weighted by atomic mass is 9.88. The van der Waals surface area contributed by atoms with E-state index < -0.39 is 0 Å². The monoisotopic (exact) mass is 359 g/mol. The highest BCUT2D eigenvalue weighted by Gasteiger charge is 2.42. The molecule has 1 aromatic carbocycles. The Morgan fingerprint density at radius 2 is 1.69 bits per heavy atom. The van der Waals surface area contributed by atoms with Crippen LogP contribution in [0.15, 0.2) is 24.3 Å². The van der Waals surface area contributed by atoms with E-state index in [2.05, 4.69) is 0 Å². The summed E-state index contributed by atoms with van der Waals surface area (Å²) in [5.41, 5.74) is 0.676. The van der Waals surface area contributed by atoms with Gasteiger partial charge in [-0.1, -0.05) is 6.07 Å². The standard InChI is InChI=1S/C21H29NO4/c23-18-8-4-14(5-9-18)13-26-20-3-1-2-15(10-20)21(25)22-16-6-7-17(22)12-19(24)11-16/h1-3,10,14,16-19,23-24H,4-9,11-13H2. The maximum atomic E-state index is 13.0. The molecule has 3 fully saturated rings. The van der Waals surface area contributed by atoms with Gasteiger partial charge in [0.15, 0.2) is 0 Å². The predicted molar refractivity (Wildman–Crippen MR) is 98.1 cm³/mol. The van der Waals surface area contributed by atoms with Crippen molar-refractivity contribution in [1.82, 2.24) is 4.90 Å². The topological polar surface area (TPSA) is 70.0 Å². The Balaban J connectivity index is 1.39. The van der Waals surface area contributed by atoms with Crippen molar-refractivity contribution >= 4 is 5.91 Å². The van der Waals surface area contributed by atoms with E-state index in [9.17, 15) is 15.0 Å². The van der Waals surface area contributed by atoms with Crippen molar-refractivity contribution in [2.45, 2.75) is 75.7 Å². The van der Waals surface area contributed by atoms with Crippen molar-refractivity contribution in [3.05, 3.63) is 29.8 Å². The van der Waals surface area contributed by atoms with Gasteiger partial charge in [-0.15, -0.1) is 0 Å². The molecular formula is C21H29NO4. The van der Waals surface area contributed by atoms with E-state index in [1.807, 2.05) is 29.2 Å². The Hall–Kier alpha value is -1.59. The molecule has 0 radical (unpaired) electrons. The molecule has 2 N–H and O–H groups in total. The van der Waals surface area contributed by atoms with Gasteiger partial charge in [0.25, 0.3) is 5.91 Å². The van der Waals surface area contributed by atoms with Gasteiger partial charge >= 0.3 is 0 Å². The van der Waals surface area contributed by atoms with Crippen LogP contribution in [0.2, 0.25) is 0 Å². The number of carbonyl (C=O) groups is 1. The maximum absolute atomic E-state index is 13.0. The highest BCUT2D eigenvalue weighted by atomic mass is 16.5. The highest BCUT2D eigenvalue weighted by molar-refractivity contribution is 5.95. The van der Waals surface area contributed by atoms with Gasteiger partial charge in [0.05, 0.1) is 18.8 Å². The number of nitrogens with zero attached hydrogens (tertiary/aromatic N) is 1. The van der Waals surface area contributed by atoms with Crippen molar-refractivity contribution in [1.29, 1.82) is 0 Å². The van der Waals surface area contributed by atoms with Gasteiger partial charge in [0.1, 0.15) is 5.75 Å². The Labute approximate surface area is 155 Å². The van der Waals surface area contributed by atoms with Crippen LogP contribution in [0.3, 0.4) is 0 Å². The molecule has 2 unspecified atom stereocenters. The lowest BCUT2D eigenvalue weighted by molar-refractivity contribution is 0.0286. The zero-order chi connectivity index (χ0) is 18.1. The first kappa shape index (κ1) is 17.8. The molecule has 0 aromatic heterocycles. The summed E-state index contributed by atoms with van der Waals surface area (Å²) < 4.78 is 5.95. The van der Waals surface area contributed by atoms with E-state index in [-0.39, 0.29) is 30.2 Å². The third-order valence-electron chi connectivity index (χ3n) is 6.33. The number of piperidine rings is 1. The van der Waals surface area contributed by atoms with Crippen LogP contribution in [0.25, 0.3) is 0 Å². The summed E-state index contributed by atoms with van der Waals surface area (Å²) in [5.74, 6) is 1.29. The van der Waals surface area contributed by atoms with Gasteiger partial charge in [-0.2, -0.15) is 0 Å². The molecule has 2 aliphatic heterocycles. The van der Waals surface area contributed by atoms with Gasteiger partial charge in [-0.3, -0.25) is 4.79 Å². The smallest absolute Gasteiger partial charge is 0.254 e. The lowest BCUT2D eigenvalue weighted by Crippen LogP contribution is -2.48. The number of fused-ring (bicyclic) bond motifs is 2. The van der Waals surface area contributed by atoms with Crippen molar-refractivity contribution < 1.29 is 19.7 Å². The first-order chi connectivity index (χ1) is 12.6. The second-order valence-electron chi connectivity index (χ2n) is 8.24. The van der Waals surface area contributed by atoms with E-state index in [1.54, 1.807) is 0 Å². The van der Waals surface area contributed by atoms with Crippen LogP contribution in [-0.2, 0) is 0 Å². The maximum Gasteiger partial charge on any atom is 0.254 e. The summed E-state index contributed by atoms with van der Waals surface area (Å²) >= 11 is 0. The van der Waals surface area contributed by atoms with E-state index in [0.29, 0.717) is 30.9 Å². The van der Waals surface area contributed by atoms with Crippen LogP contribution in [-0.4, -0.2) is 51.9 Å². The van der Waals surface area contributed by atoms with E-state index in [4.69, 9.17) is 4.74 Å². The third-order valence-corrected chi connectivity index (χ3v) is 6.33. The first-order valence-electron chi connectivity index (χ1n) is 10.0. The second kappa shape index (κ2) is 7.57.